The van der Waals surface area contributed by atoms with E-state index in [9.17, 15) is 4.79 Å². The lowest BCUT2D eigenvalue weighted by atomic mass is 10.1. The molecule has 0 spiro atoms. The Bertz CT molecular complexity index is 855. The van der Waals surface area contributed by atoms with Crippen molar-refractivity contribution < 1.29 is 9.53 Å². The predicted molar refractivity (Wildman–Crippen MR) is 90.0 cm³/mol. The zero-order valence-electron chi connectivity index (χ0n) is 12.6. The van der Waals surface area contributed by atoms with Crippen LogP contribution in [-0.2, 0) is 0 Å². The molecule has 112 valence electrons. The Morgan fingerprint density at radius 3 is 2.73 bits per heavy atom. The van der Waals surface area contributed by atoms with Gasteiger partial charge in [0.05, 0.1) is 11.8 Å². The van der Waals surface area contributed by atoms with Crippen molar-refractivity contribution in [1.29, 1.82) is 0 Å². The van der Waals surface area contributed by atoms with Gasteiger partial charge in [-0.25, -0.2) is 4.98 Å². The average molecular weight is 312 g/mol. The summed E-state index contributed by atoms with van der Waals surface area (Å²) in [5.74, 6) is 0.557. The number of fused-ring (bicyclic) bond motifs is 1. The summed E-state index contributed by atoms with van der Waals surface area (Å²) in [5, 5.41) is 3.43. The molecule has 2 aromatic carbocycles. The lowest BCUT2D eigenvalue weighted by molar-refractivity contribution is 0.102. The molecule has 0 atom stereocenters. The molecular weight excluding hydrogens is 296 g/mol. The SMILES string of the molecule is COc1cccc2sc(NC(=O)c3ccc(C)c(C)c3)nc12. The Labute approximate surface area is 132 Å². The van der Waals surface area contributed by atoms with Crippen molar-refractivity contribution in [2.45, 2.75) is 13.8 Å². The molecule has 0 radical (unpaired) electrons. The number of benzene rings is 2. The Hall–Kier alpha value is -2.40. The van der Waals surface area contributed by atoms with Crippen molar-refractivity contribution in [3.8, 4) is 5.75 Å². The first kappa shape index (κ1) is 14.5. The van der Waals surface area contributed by atoms with E-state index in [1.54, 1.807) is 7.11 Å². The zero-order chi connectivity index (χ0) is 15.7. The van der Waals surface area contributed by atoms with Gasteiger partial charge in [-0.2, -0.15) is 0 Å². The zero-order valence-corrected chi connectivity index (χ0v) is 13.5. The van der Waals surface area contributed by atoms with E-state index in [4.69, 9.17) is 4.74 Å². The summed E-state index contributed by atoms with van der Waals surface area (Å²) < 4.78 is 6.27. The largest absolute Gasteiger partial charge is 0.494 e. The Balaban J connectivity index is 1.89. The van der Waals surface area contributed by atoms with Gasteiger partial charge in [-0.15, -0.1) is 0 Å². The number of anilines is 1. The van der Waals surface area contributed by atoms with Gasteiger partial charge in [0.25, 0.3) is 5.91 Å². The second kappa shape index (κ2) is 5.77. The molecule has 1 amide bonds. The molecule has 3 aromatic rings. The monoisotopic (exact) mass is 312 g/mol. The molecule has 1 N–H and O–H groups in total. The van der Waals surface area contributed by atoms with Crippen LogP contribution in [0.5, 0.6) is 5.75 Å². The summed E-state index contributed by atoms with van der Waals surface area (Å²) >= 11 is 1.43. The van der Waals surface area contributed by atoms with Gasteiger partial charge in [-0.05, 0) is 49.2 Å². The van der Waals surface area contributed by atoms with E-state index in [0.717, 1.165) is 15.8 Å². The van der Waals surface area contributed by atoms with Crippen molar-refractivity contribution >= 4 is 32.6 Å². The van der Waals surface area contributed by atoms with E-state index in [1.807, 2.05) is 50.2 Å². The second-order valence-corrected chi connectivity index (χ2v) is 6.11. The van der Waals surface area contributed by atoms with Crippen LogP contribution in [0.25, 0.3) is 10.2 Å². The lowest BCUT2D eigenvalue weighted by Crippen LogP contribution is -2.11. The number of methoxy groups -OCH3 is 1. The fourth-order valence-electron chi connectivity index (χ4n) is 2.19. The van der Waals surface area contributed by atoms with E-state index in [0.29, 0.717) is 16.4 Å². The summed E-state index contributed by atoms with van der Waals surface area (Å²) in [7, 11) is 1.61. The standard InChI is InChI=1S/C17H16N2O2S/c1-10-7-8-12(9-11(10)2)16(20)19-17-18-15-13(21-3)5-4-6-14(15)22-17/h4-9H,1-3H3,(H,18,19,20). The molecule has 0 aliphatic carbocycles. The predicted octanol–water partition coefficient (Wildman–Crippen LogP) is 4.17. The fraction of sp³-hybridized carbons (Fsp3) is 0.176. The van der Waals surface area contributed by atoms with Gasteiger partial charge < -0.3 is 4.74 Å². The van der Waals surface area contributed by atoms with Crippen LogP contribution >= 0.6 is 11.3 Å². The third-order valence-electron chi connectivity index (χ3n) is 3.59. The number of hydrogen-bond acceptors (Lipinski definition) is 4. The highest BCUT2D eigenvalue weighted by atomic mass is 32.1. The van der Waals surface area contributed by atoms with E-state index in [2.05, 4.69) is 10.3 Å². The highest BCUT2D eigenvalue weighted by Crippen LogP contribution is 2.32. The highest BCUT2D eigenvalue weighted by molar-refractivity contribution is 7.22. The van der Waals surface area contributed by atoms with Gasteiger partial charge in [-0.1, -0.05) is 23.5 Å². The first-order valence-electron chi connectivity index (χ1n) is 6.90. The van der Waals surface area contributed by atoms with Crippen molar-refractivity contribution in [2.24, 2.45) is 0 Å². The lowest BCUT2D eigenvalue weighted by Gasteiger charge is -2.04. The maximum absolute atomic E-state index is 12.3. The van der Waals surface area contributed by atoms with Crippen LogP contribution in [0, 0.1) is 13.8 Å². The van der Waals surface area contributed by atoms with Crippen LogP contribution in [0.4, 0.5) is 5.13 Å². The molecule has 0 bridgehead atoms. The number of para-hydroxylation sites is 1. The number of aryl methyl sites for hydroxylation is 2. The van der Waals surface area contributed by atoms with Crippen molar-refractivity contribution in [3.05, 3.63) is 53.1 Å². The molecule has 0 unspecified atom stereocenters. The van der Waals surface area contributed by atoms with E-state index >= 15 is 0 Å². The molecule has 1 heterocycles. The van der Waals surface area contributed by atoms with Gasteiger partial charge in [0, 0.05) is 5.56 Å². The molecule has 0 saturated heterocycles. The third-order valence-corrected chi connectivity index (χ3v) is 4.53. The number of carbonyl (C=O) groups is 1. The van der Waals surface area contributed by atoms with Crippen LogP contribution < -0.4 is 10.1 Å². The maximum atomic E-state index is 12.3. The van der Waals surface area contributed by atoms with Crippen LogP contribution in [-0.4, -0.2) is 18.0 Å². The molecule has 0 fully saturated rings. The number of carbonyl (C=O) groups excluding carboxylic acids is 1. The normalized spacial score (nSPS) is 10.7. The Morgan fingerprint density at radius 2 is 2.00 bits per heavy atom. The molecule has 22 heavy (non-hydrogen) atoms. The number of rotatable bonds is 3. The third kappa shape index (κ3) is 2.67. The molecule has 0 saturated carbocycles. The molecule has 1 aromatic heterocycles. The van der Waals surface area contributed by atoms with Gasteiger partial charge in [-0.3, -0.25) is 10.1 Å². The topological polar surface area (TPSA) is 51.2 Å². The van der Waals surface area contributed by atoms with Gasteiger partial charge in [0.15, 0.2) is 5.13 Å². The smallest absolute Gasteiger partial charge is 0.257 e. The molecule has 3 rings (SSSR count). The van der Waals surface area contributed by atoms with E-state index < -0.39 is 0 Å². The minimum Gasteiger partial charge on any atom is -0.494 e. The first-order chi connectivity index (χ1) is 10.6. The van der Waals surface area contributed by atoms with Crippen LogP contribution in [0.2, 0.25) is 0 Å². The van der Waals surface area contributed by atoms with E-state index in [1.165, 1.54) is 16.9 Å². The number of nitrogens with zero attached hydrogens (tertiary/aromatic N) is 1. The van der Waals surface area contributed by atoms with Crippen molar-refractivity contribution in [1.82, 2.24) is 4.98 Å². The Kier molecular flexibility index (Phi) is 3.81. The molecular formula is C17H16N2O2S. The second-order valence-electron chi connectivity index (χ2n) is 5.08. The van der Waals surface area contributed by atoms with Gasteiger partial charge >= 0.3 is 0 Å². The number of nitrogens with one attached hydrogen (secondary N) is 1. The number of ether oxygens (including phenoxy) is 1. The number of aromatic nitrogens is 1. The fourth-order valence-corrected chi connectivity index (χ4v) is 3.07. The molecule has 0 aliphatic rings. The number of thiazole rings is 1. The Morgan fingerprint density at radius 1 is 1.18 bits per heavy atom. The minimum atomic E-state index is -0.152. The first-order valence-corrected chi connectivity index (χ1v) is 7.72. The quantitative estimate of drug-likeness (QED) is 0.789. The number of amides is 1. The van der Waals surface area contributed by atoms with Gasteiger partial charge in [0.1, 0.15) is 11.3 Å². The highest BCUT2D eigenvalue weighted by Gasteiger charge is 2.12. The number of hydrogen-bond donors (Lipinski definition) is 1. The minimum absolute atomic E-state index is 0.152. The van der Waals surface area contributed by atoms with Crippen molar-refractivity contribution in [2.75, 3.05) is 12.4 Å². The summed E-state index contributed by atoms with van der Waals surface area (Å²) in [6.45, 7) is 4.02. The summed E-state index contributed by atoms with van der Waals surface area (Å²) in [6.07, 6.45) is 0. The van der Waals surface area contributed by atoms with Crippen LogP contribution in [0.15, 0.2) is 36.4 Å². The van der Waals surface area contributed by atoms with Crippen LogP contribution in [0.3, 0.4) is 0 Å². The molecule has 4 nitrogen and oxygen atoms in total. The average Bonchev–Trinajstić information content (AvgIpc) is 2.92. The van der Waals surface area contributed by atoms with E-state index in [-0.39, 0.29) is 5.91 Å². The molecule has 0 aliphatic heterocycles. The van der Waals surface area contributed by atoms with Crippen molar-refractivity contribution in [3.63, 3.8) is 0 Å². The maximum Gasteiger partial charge on any atom is 0.257 e. The molecule has 5 heteroatoms. The summed E-state index contributed by atoms with van der Waals surface area (Å²) in [5.41, 5.74) is 3.67. The van der Waals surface area contributed by atoms with Crippen LogP contribution in [0.1, 0.15) is 21.5 Å². The summed E-state index contributed by atoms with van der Waals surface area (Å²) in [6, 6.07) is 11.4. The summed E-state index contributed by atoms with van der Waals surface area (Å²) in [4.78, 5) is 16.8. The van der Waals surface area contributed by atoms with Gasteiger partial charge in [0.2, 0.25) is 0 Å².